The average molecular weight is 401 g/mol. The zero-order valence-electron chi connectivity index (χ0n) is 16.9. The number of benzene rings is 2. The summed E-state index contributed by atoms with van der Waals surface area (Å²) in [5.74, 6) is -0.115. The maximum Gasteiger partial charge on any atom is 0.246 e. The van der Waals surface area contributed by atoms with Gasteiger partial charge in [-0.3, -0.25) is 4.79 Å². The summed E-state index contributed by atoms with van der Waals surface area (Å²) in [6.45, 7) is 6.48. The van der Waals surface area contributed by atoms with Crippen LogP contribution in [0.25, 0.3) is 6.08 Å². The minimum Gasteiger partial charge on any atom is -0.335 e. The molecular weight excluding hydrogens is 372 g/mol. The van der Waals surface area contributed by atoms with Gasteiger partial charge in [0.15, 0.2) is 0 Å². The number of hydrogen-bond donors (Lipinski definition) is 0. The first-order valence-electron chi connectivity index (χ1n) is 9.41. The summed E-state index contributed by atoms with van der Waals surface area (Å²) in [6, 6.07) is 16.4. The van der Waals surface area contributed by atoms with E-state index in [4.69, 9.17) is 0 Å². The minimum atomic E-state index is -3.47. The Morgan fingerprint density at radius 3 is 2.11 bits per heavy atom. The molecule has 0 heterocycles. The fourth-order valence-electron chi connectivity index (χ4n) is 2.89. The van der Waals surface area contributed by atoms with Gasteiger partial charge in [0.05, 0.1) is 10.9 Å². The minimum absolute atomic E-state index is 0.0417. The second-order valence-corrected chi connectivity index (χ2v) is 8.47. The van der Waals surface area contributed by atoms with E-state index in [9.17, 15) is 13.2 Å². The summed E-state index contributed by atoms with van der Waals surface area (Å²) >= 11 is 0. The molecule has 0 saturated carbocycles. The van der Waals surface area contributed by atoms with Gasteiger partial charge in [-0.1, -0.05) is 56.3 Å². The van der Waals surface area contributed by atoms with E-state index in [0.717, 1.165) is 11.1 Å². The van der Waals surface area contributed by atoms with E-state index >= 15 is 0 Å². The molecule has 2 aromatic carbocycles. The van der Waals surface area contributed by atoms with Gasteiger partial charge >= 0.3 is 0 Å². The number of amides is 1. The molecule has 0 bridgehead atoms. The highest BCUT2D eigenvalue weighted by Crippen LogP contribution is 2.19. The zero-order valence-corrected chi connectivity index (χ0v) is 17.7. The van der Waals surface area contributed by atoms with Crippen LogP contribution in [-0.4, -0.2) is 43.7 Å². The molecule has 0 saturated heterocycles. The number of likely N-dealkylation sites (N-methyl/N-ethyl adjacent to an activating group) is 1. The van der Waals surface area contributed by atoms with E-state index in [-0.39, 0.29) is 16.8 Å². The van der Waals surface area contributed by atoms with Gasteiger partial charge in [0.25, 0.3) is 0 Å². The van der Waals surface area contributed by atoms with Crippen LogP contribution in [0.3, 0.4) is 0 Å². The Bertz CT molecular complexity index is 903. The predicted octanol–water partition coefficient (Wildman–Crippen LogP) is 3.95. The lowest BCUT2D eigenvalue weighted by molar-refractivity contribution is -0.126. The molecule has 0 aliphatic rings. The molecular formula is C22H28N2O3S. The molecule has 0 spiro atoms. The summed E-state index contributed by atoms with van der Waals surface area (Å²) in [5.41, 5.74) is 1.84. The predicted molar refractivity (Wildman–Crippen MR) is 113 cm³/mol. The molecule has 1 amide bonds. The summed E-state index contributed by atoms with van der Waals surface area (Å²) in [4.78, 5) is 14.4. The molecule has 150 valence electrons. The normalized spacial score (nSPS) is 13.0. The molecule has 0 aliphatic carbocycles. The van der Waals surface area contributed by atoms with Crippen LogP contribution in [0.5, 0.6) is 0 Å². The topological polar surface area (TPSA) is 57.7 Å². The van der Waals surface area contributed by atoms with Gasteiger partial charge in [0.2, 0.25) is 15.9 Å². The van der Waals surface area contributed by atoms with E-state index in [1.807, 2.05) is 51.1 Å². The first-order valence-corrected chi connectivity index (χ1v) is 10.8. The molecule has 28 heavy (non-hydrogen) atoms. The highest BCUT2D eigenvalue weighted by Gasteiger charge is 2.21. The van der Waals surface area contributed by atoms with Crippen molar-refractivity contribution in [2.45, 2.75) is 31.7 Å². The fraction of sp³-hybridized carbons (Fsp3) is 0.318. The van der Waals surface area contributed by atoms with Crippen molar-refractivity contribution in [2.24, 2.45) is 0 Å². The van der Waals surface area contributed by atoms with Gasteiger partial charge in [-0.2, -0.15) is 4.31 Å². The number of sulfonamides is 1. The highest BCUT2D eigenvalue weighted by atomic mass is 32.2. The maximum absolute atomic E-state index is 12.5. The first kappa shape index (κ1) is 21.9. The smallest absolute Gasteiger partial charge is 0.246 e. The Labute approximate surface area is 168 Å². The molecule has 0 aliphatic heterocycles. The van der Waals surface area contributed by atoms with E-state index in [1.165, 1.54) is 10.4 Å². The van der Waals surface area contributed by atoms with E-state index < -0.39 is 10.0 Å². The standard InChI is InChI=1S/C22H28N2O3S/c1-5-24(6-2)28(26,27)21-15-12-19(13-16-21)14-17-22(25)23(4)18(3)20-10-8-7-9-11-20/h7-18H,5-6H2,1-4H3. The lowest BCUT2D eigenvalue weighted by Crippen LogP contribution is -2.30. The summed E-state index contributed by atoms with van der Waals surface area (Å²) in [7, 11) is -1.70. The third-order valence-corrected chi connectivity index (χ3v) is 6.92. The Hall–Kier alpha value is -2.44. The van der Waals surface area contributed by atoms with Crippen LogP contribution < -0.4 is 0 Å². The lowest BCUT2D eigenvalue weighted by Gasteiger charge is -2.24. The van der Waals surface area contributed by atoms with Gasteiger partial charge < -0.3 is 4.90 Å². The van der Waals surface area contributed by atoms with Gasteiger partial charge in [-0.05, 0) is 36.3 Å². The Morgan fingerprint density at radius 1 is 1.00 bits per heavy atom. The van der Waals surface area contributed by atoms with E-state index in [1.54, 1.807) is 42.3 Å². The molecule has 0 radical (unpaired) electrons. The number of carbonyl (C=O) groups is 1. The third kappa shape index (κ3) is 5.09. The Morgan fingerprint density at radius 2 is 1.57 bits per heavy atom. The van der Waals surface area contributed by atoms with Crippen molar-refractivity contribution in [2.75, 3.05) is 20.1 Å². The van der Waals surface area contributed by atoms with Crippen molar-refractivity contribution < 1.29 is 13.2 Å². The van der Waals surface area contributed by atoms with Crippen molar-refractivity contribution in [3.05, 3.63) is 71.8 Å². The van der Waals surface area contributed by atoms with Crippen molar-refractivity contribution >= 4 is 22.0 Å². The van der Waals surface area contributed by atoms with Crippen molar-refractivity contribution in [1.29, 1.82) is 0 Å². The second-order valence-electron chi connectivity index (χ2n) is 6.53. The lowest BCUT2D eigenvalue weighted by atomic mass is 10.1. The number of hydrogen-bond acceptors (Lipinski definition) is 3. The summed E-state index contributed by atoms with van der Waals surface area (Å²) in [6.07, 6.45) is 3.21. The zero-order chi connectivity index (χ0) is 20.7. The van der Waals surface area contributed by atoms with Gasteiger partial charge in [0.1, 0.15) is 0 Å². The second kappa shape index (κ2) is 9.66. The van der Waals surface area contributed by atoms with Crippen LogP contribution in [0, 0.1) is 0 Å². The monoisotopic (exact) mass is 400 g/mol. The van der Waals surface area contributed by atoms with Crippen LogP contribution in [0.15, 0.2) is 65.6 Å². The van der Waals surface area contributed by atoms with E-state index in [2.05, 4.69) is 0 Å². The SMILES string of the molecule is CCN(CC)S(=O)(=O)c1ccc(C=CC(=O)N(C)C(C)c2ccccc2)cc1. The first-order chi connectivity index (χ1) is 13.3. The van der Waals surface area contributed by atoms with Crippen LogP contribution in [-0.2, 0) is 14.8 Å². The number of carbonyl (C=O) groups excluding carboxylic acids is 1. The molecule has 1 atom stereocenters. The van der Waals surface area contributed by atoms with Crippen LogP contribution in [0.1, 0.15) is 37.9 Å². The molecule has 6 heteroatoms. The largest absolute Gasteiger partial charge is 0.335 e. The summed E-state index contributed by atoms with van der Waals surface area (Å²) in [5, 5.41) is 0. The van der Waals surface area contributed by atoms with Crippen molar-refractivity contribution in [3.8, 4) is 0 Å². The Balaban J connectivity index is 2.09. The van der Waals surface area contributed by atoms with Crippen LogP contribution in [0.4, 0.5) is 0 Å². The third-order valence-electron chi connectivity index (χ3n) is 4.85. The number of nitrogens with zero attached hydrogens (tertiary/aromatic N) is 2. The molecule has 0 aromatic heterocycles. The fourth-order valence-corrected chi connectivity index (χ4v) is 4.35. The molecule has 5 nitrogen and oxygen atoms in total. The molecule has 0 N–H and O–H groups in total. The average Bonchev–Trinajstić information content (AvgIpc) is 2.72. The highest BCUT2D eigenvalue weighted by molar-refractivity contribution is 7.89. The van der Waals surface area contributed by atoms with Gasteiger partial charge in [-0.25, -0.2) is 8.42 Å². The van der Waals surface area contributed by atoms with E-state index in [0.29, 0.717) is 13.1 Å². The van der Waals surface area contributed by atoms with Crippen molar-refractivity contribution in [1.82, 2.24) is 9.21 Å². The number of rotatable bonds is 8. The molecule has 2 aromatic rings. The molecule has 1 unspecified atom stereocenters. The van der Waals surface area contributed by atoms with Gasteiger partial charge in [0, 0.05) is 26.2 Å². The van der Waals surface area contributed by atoms with Crippen LogP contribution >= 0.6 is 0 Å². The molecule has 0 fully saturated rings. The quantitative estimate of drug-likeness (QED) is 0.631. The summed E-state index contributed by atoms with van der Waals surface area (Å²) < 4.78 is 26.5. The van der Waals surface area contributed by atoms with Crippen LogP contribution in [0.2, 0.25) is 0 Å². The van der Waals surface area contributed by atoms with Gasteiger partial charge in [-0.15, -0.1) is 0 Å². The molecule has 2 rings (SSSR count). The maximum atomic E-state index is 12.5. The van der Waals surface area contributed by atoms with Crippen molar-refractivity contribution in [3.63, 3.8) is 0 Å². The Kier molecular flexibility index (Phi) is 7.54.